The molecule has 1 heterocycles. The fraction of sp³-hybridized carbons (Fsp3) is 0.625. The minimum absolute atomic E-state index is 0.0334. The highest BCUT2D eigenvalue weighted by Gasteiger charge is 2.28. The number of hydrogen-bond donors (Lipinski definition) is 7. The minimum atomic E-state index is -1.24. The second-order valence-corrected chi connectivity index (χ2v) is 6.64. The first-order valence-electron chi connectivity index (χ1n) is 9.13. The number of carboxylic acid groups (broad SMARTS) is 1. The van der Waals surface area contributed by atoms with Crippen molar-refractivity contribution in [3.8, 4) is 0 Å². The van der Waals surface area contributed by atoms with Gasteiger partial charge in [-0.1, -0.05) is 5.16 Å². The van der Waals surface area contributed by atoms with Crippen LogP contribution in [0, 0.1) is 0 Å². The summed E-state index contributed by atoms with van der Waals surface area (Å²) < 4.78 is 5.06. The first-order chi connectivity index (χ1) is 14.0. The van der Waals surface area contributed by atoms with Gasteiger partial charge in [-0.05, 0) is 26.7 Å². The van der Waals surface area contributed by atoms with Crippen LogP contribution >= 0.6 is 0 Å². The number of aliphatic hydroxyl groups is 1. The third-order valence-electron chi connectivity index (χ3n) is 3.95. The maximum atomic E-state index is 12.2. The van der Waals surface area contributed by atoms with Gasteiger partial charge in [0.05, 0.1) is 18.6 Å². The summed E-state index contributed by atoms with van der Waals surface area (Å²) in [6.45, 7) is 2.90. The Labute approximate surface area is 172 Å². The Morgan fingerprint density at radius 1 is 1.27 bits per heavy atom. The van der Waals surface area contributed by atoms with E-state index in [1.165, 1.54) is 13.8 Å². The van der Waals surface area contributed by atoms with Gasteiger partial charge in [0.2, 0.25) is 5.89 Å². The topological polar surface area (TPSA) is 245 Å². The average Bonchev–Trinajstić information content (AvgIpc) is 3.11. The normalized spacial score (nSPS) is 14.8. The Hall–Kier alpha value is -3.26. The molecule has 1 unspecified atom stereocenters. The quantitative estimate of drug-likeness (QED) is 0.112. The van der Waals surface area contributed by atoms with Crippen molar-refractivity contribution in [1.29, 1.82) is 0 Å². The highest BCUT2D eigenvalue weighted by molar-refractivity contribution is 5.87. The molecular weight excluding hydrogens is 400 g/mol. The van der Waals surface area contributed by atoms with Crippen LogP contribution in [0.4, 0.5) is 4.79 Å². The summed E-state index contributed by atoms with van der Waals surface area (Å²) in [7, 11) is 0. The van der Waals surface area contributed by atoms with Gasteiger partial charge < -0.3 is 42.6 Å². The monoisotopic (exact) mass is 428 g/mol. The number of aliphatic imine (C=N–C) groups is 1. The average molecular weight is 428 g/mol. The van der Waals surface area contributed by atoms with Crippen LogP contribution in [0.3, 0.4) is 0 Å². The van der Waals surface area contributed by atoms with E-state index in [1.807, 2.05) is 0 Å². The number of aliphatic hydroxyl groups excluding tert-OH is 1. The number of guanidine groups is 1. The van der Waals surface area contributed by atoms with E-state index in [1.54, 1.807) is 0 Å². The molecule has 0 aromatic carbocycles. The molecule has 2 amide bonds. The number of nitrogens with two attached hydrogens (primary N) is 3. The number of carboxylic acids is 1. The second kappa shape index (κ2) is 11.7. The summed E-state index contributed by atoms with van der Waals surface area (Å²) in [4.78, 5) is 42.7. The lowest BCUT2D eigenvalue weighted by molar-refractivity contribution is -0.137. The molecule has 0 fully saturated rings. The molecule has 0 aliphatic rings. The molecule has 1 aromatic heterocycles. The molecular formula is C16H28N8O6. The first kappa shape index (κ1) is 24.8. The zero-order chi connectivity index (χ0) is 22.8. The SMILES string of the molecule is CC(=O)[C@@H](NC(=O)N[C@@H](CC(=O)O)c1nc([C@@H](N)CCCN=C(N)N)no1)C(C)O. The van der Waals surface area contributed by atoms with Crippen LogP contribution in [-0.2, 0) is 9.59 Å². The highest BCUT2D eigenvalue weighted by Crippen LogP contribution is 2.19. The summed E-state index contributed by atoms with van der Waals surface area (Å²) in [5, 5.41) is 27.0. The fourth-order valence-corrected chi connectivity index (χ4v) is 2.47. The summed E-state index contributed by atoms with van der Waals surface area (Å²) in [6, 6.07) is -3.84. The zero-order valence-corrected chi connectivity index (χ0v) is 16.7. The van der Waals surface area contributed by atoms with E-state index in [0.717, 1.165) is 0 Å². The molecule has 14 heteroatoms. The lowest BCUT2D eigenvalue weighted by Gasteiger charge is -2.20. The smallest absolute Gasteiger partial charge is 0.316 e. The van der Waals surface area contributed by atoms with E-state index in [2.05, 4.69) is 25.8 Å². The van der Waals surface area contributed by atoms with Crippen LogP contribution in [0.1, 0.15) is 56.9 Å². The number of carbonyl (C=O) groups is 3. The minimum Gasteiger partial charge on any atom is -0.481 e. The molecule has 4 atom stereocenters. The van der Waals surface area contributed by atoms with Crippen molar-refractivity contribution in [2.45, 2.75) is 57.3 Å². The van der Waals surface area contributed by atoms with Crippen molar-refractivity contribution in [2.24, 2.45) is 22.2 Å². The predicted octanol–water partition coefficient (Wildman–Crippen LogP) is -1.72. The molecule has 10 N–H and O–H groups in total. The van der Waals surface area contributed by atoms with E-state index in [-0.39, 0.29) is 17.7 Å². The van der Waals surface area contributed by atoms with Gasteiger partial charge in [-0.25, -0.2) is 4.79 Å². The Bertz CT molecular complexity index is 761. The fourth-order valence-electron chi connectivity index (χ4n) is 2.47. The van der Waals surface area contributed by atoms with Crippen LogP contribution in [-0.4, -0.2) is 62.8 Å². The Kier molecular flexibility index (Phi) is 9.64. The van der Waals surface area contributed by atoms with Crippen molar-refractivity contribution >= 4 is 23.7 Å². The van der Waals surface area contributed by atoms with E-state index in [0.29, 0.717) is 19.4 Å². The van der Waals surface area contributed by atoms with Gasteiger partial charge >= 0.3 is 12.0 Å². The Balaban J connectivity index is 2.82. The van der Waals surface area contributed by atoms with E-state index >= 15 is 0 Å². The molecule has 168 valence electrons. The van der Waals surface area contributed by atoms with E-state index in [9.17, 15) is 19.5 Å². The van der Waals surface area contributed by atoms with Crippen molar-refractivity contribution < 1.29 is 29.1 Å². The first-order valence-corrected chi connectivity index (χ1v) is 9.13. The van der Waals surface area contributed by atoms with Crippen molar-refractivity contribution in [3.63, 3.8) is 0 Å². The molecule has 0 saturated heterocycles. The molecule has 1 rings (SSSR count). The summed E-state index contributed by atoms with van der Waals surface area (Å²) in [5.74, 6) is -1.78. The number of urea groups is 1. The molecule has 14 nitrogen and oxygen atoms in total. The van der Waals surface area contributed by atoms with Gasteiger partial charge in [0, 0.05) is 6.54 Å². The summed E-state index contributed by atoms with van der Waals surface area (Å²) >= 11 is 0. The maximum Gasteiger partial charge on any atom is 0.316 e. The number of carbonyl (C=O) groups excluding carboxylic acids is 2. The molecule has 0 spiro atoms. The third-order valence-corrected chi connectivity index (χ3v) is 3.95. The van der Waals surface area contributed by atoms with Crippen LogP contribution < -0.4 is 27.8 Å². The van der Waals surface area contributed by atoms with Crippen LogP contribution in [0.5, 0.6) is 0 Å². The van der Waals surface area contributed by atoms with E-state index in [4.69, 9.17) is 26.8 Å². The van der Waals surface area contributed by atoms with Crippen molar-refractivity contribution in [1.82, 2.24) is 20.8 Å². The zero-order valence-electron chi connectivity index (χ0n) is 16.7. The highest BCUT2D eigenvalue weighted by atomic mass is 16.5. The number of ketones is 1. The van der Waals surface area contributed by atoms with Crippen LogP contribution in [0.15, 0.2) is 9.52 Å². The molecule has 0 radical (unpaired) electrons. The number of rotatable bonds is 12. The summed E-state index contributed by atoms with van der Waals surface area (Å²) in [5.41, 5.74) is 16.5. The third kappa shape index (κ3) is 8.40. The van der Waals surface area contributed by atoms with Gasteiger partial charge in [0.25, 0.3) is 0 Å². The van der Waals surface area contributed by atoms with Gasteiger partial charge in [-0.3, -0.25) is 14.6 Å². The molecule has 0 saturated carbocycles. The van der Waals surface area contributed by atoms with Crippen molar-refractivity contribution in [3.05, 3.63) is 11.7 Å². The molecule has 30 heavy (non-hydrogen) atoms. The Morgan fingerprint density at radius 2 is 1.93 bits per heavy atom. The molecule has 1 aromatic rings. The lowest BCUT2D eigenvalue weighted by atomic mass is 10.1. The van der Waals surface area contributed by atoms with Crippen LogP contribution in [0.25, 0.3) is 0 Å². The Morgan fingerprint density at radius 3 is 2.47 bits per heavy atom. The number of Topliss-reactive ketones (excluding diaryl/α,β-unsaturated/α-hetero) is 1. The van der Waals surface area contributed by atoms with Gasteiger partial charge in [0.15, 0.2) is 17.6 Å². The standard InChI is InChI=1S/C16H28N8O6/c1-7(25)12(8(2)26)22-16(29)21-10(6-11(27)28)14-23-13(24-30-14)9(17)4-3-5-20-15(18)19/h7,9-10,12,25H,3-6,17H2,1-2H3,(H,27,28)(H4,18,19,20)(H2,21,22,29)/t7?,9-,10-,12-/m0/s1. The lowest BCUT2D eigenvalue weighted by Crippen LogP contribution is -2.51. The number of aromatic nitrogens is 2. The van der Waals surface area contributed by atoms with Gasteiger partial charge in [-0.2, -0.15) is 4.98 Å². The number of nitrogens with one attached hydrogen (secondary N) is 2. The van der Waals surface area contributed by atoms with Crippen LogP contribution in [0.2, 0.25) is 0 Å². The molecule has 0 bridgehead atoms. The van der Waals surface area contributed by atoms with E-state index < -0.39 is 48.4 Å². The number of amides is 2. The van der Waals surface area contributed by atoms with Crippen molar-refractivity contribution in [2.75, 3.05) is 6.54 Å². The predicted molar refractivity (Wildman–Crippen MR) is 104 cm³/mol. The number of aliphatic carboxylic acids is 1. The number of nitrogens with zero attached hydrogens (tertiary/aromatic N) is 3. The molecule has 0 aliphatic carbocycles. The maximum absolute atomic E-state index is 12.2. The molecule has 0 aliphatic heterocycles. The van der Waals surface area contributed by atoms with Gasteiger partial charge in [0.1, 0.15) is 12.1 Å². The van der Waals surface area contributed by atoms with Gasteiger partial charge in [-0.15, -0.1) is 0 Å². The second-order valence-electron chi connectivity index (χ2n) is 6.64. The largest absolute Gasteiger partial charge is 0.481 e. The number of hydrogen-bond acceptors (Lipinski definition) is 9. The summed E-state index contributed by atoms with van der Waals surface area (Å²) in [6.07, 6.45) is -0.720.